The Morgan fingerprint density at radius 1 is 1.57 bits per heavy atom. The molecule has 0 unspecified atom stereocenters. The van der Waals surface area contributed by atoms with Crippen molar-refractivity contribution in [1.82, 2.24) is 10.3 Å². The van der Waals surface area contributed by atoms with Crippen LogP contribution < -0.4 is 15.8 Å². The third-order valence-electron chi connectivity index (χ3n) is 2.59. The highest BCUT2D eigenvalue weighted by atomic mass is 16.5. The van der Waals surface area contributed by atoms with Crippen LogP contribution in [0.1, 0.15) is 35.8 Å². The standard InChI is InChI=1S/C9H9N3O2.C6H13NO2/c1-2-14-9-7(4-10)8(11)3-6(5-13)12-9;1-7-5-3-4-6(8)9-2/h3,5H,2H2,1H3,(H2,11,12);7H,3-5H2,1-2H3. The number of hydrogen-bond donors (Lipinski definition) is 2. The molecule has 0 spiro atoms. The molecule has 8 nitrogen and oxygen atoms in total. The summed E-state index contributed by atoms with van der Waals surface area (Å²) in [4.78, 5) is 24.7. The number of carbonyl (C=O) groups is 2. The lowest BCUT2D eigenvalue weighted by Crippen LogP contribution is -2.10. The van der Waals surface area contributed by atoms with Crippen molar-refractivity contribution in [2.75, 3.05) is 33.0 Å². The van der Waals surface area contributed by atoms with Crippen LogP contribution in [0, 0.1) is 11.3 Å². The van der Waals surface area contributed by atoms with Crippen LogP contribution in [0.25, 0.3) is 0 Å². The average Bonchev–Trinajstić information content (AvgIpc) is 2.55. The molecule has 8 heteroatoms. The van der Waals surface area contributed by atoms with E-state index in [9.17, 15) is 9.59 Å². The van der Waals surface area contributed by atoms with Gasteiger partial charge in [0.1, 0.15) is 17.3 Å². The number of esters is 1. The number of anilines is 1. The molecule has 1 heterocycles. The Kier molecular flexibility index (Phi) is 10.6. The van der Waals surface area contributed by atoms with Crippen molar-refractivity contribution >= 4 is 17.9 Å². The Bertz CT molecular complexity index is 555. The minimum Gasteiger partial charge on any atom is -0.477 e. The van der Waals surface area contributed by atoms with Gasteiger partial charge in [-0.2, -0.15) is 5.26 Å². The zero-order chi connectivity index (χ0) is 17.7. The van der Waals surface area contributed by atoms with Gasteiger partial charge in [0.25, 0.3) is 0 Å². The van der Waals surface area contributed by atoms with Crippen molar-refractivity contribution in [2.45, 2.75) is 19.8 Å². The van der Waals surface area contributed by atoms with E-state index in [0.29, 0.717) is 19.3 Å². The third-order valence-corrected chi connectivity index (χ3v) is 2.59. The van der Waals surface area contributed by atoms with Gasteiger partial charge in [0.2, 0.25) is 5.88 Å². The van der Waals surface area contributed by atoms with Crippen LogP contribution in [0.3, 0.4) is 0 Å². The van der Waals surface area contributed by atoms with Gasteiger partial charge in [0, 0.05) is 6.42 Å². The number of nitrogens with two attached hydrogens (primary N) is 1. The highest BCUT2D eigenvalue weighted by molar-refractivity contribution is 5.76. The zero-order valence-corrected chi connectivity index (χ0v) is 13.6. The van der Waals surface area contributed by atoms with Gasteiger partial charge in [-0.15, -0.1) is 0 Å². The first-order chi connectivity index (χ1) is 11.0. The fourth-order valence-electron chi connectivity index (χ4n) is 1.49. The molecule has 1 rings (SSSR count). The molecule has 1 aromatic rings. The van der Waals surface area contributed by atoms with Gasteiger partial charge >= 0.3 is 5.97 Å². The smallest absolute Gasteiger partial charge is 0.305 e. The van der Waals surface area contributed by atoms with Crippen LogP contribution in [0.15, 0.2) is 6.07 Å². The molecular formula is C15H22N4O4. The minimum atomic E-state index is -0.134. The van der Waals surface area contributed by atoms with Crippen molar-refractivity contribution in [2.24, 2.45) is 0 Å². The van der Waals surface area contributed by atoms with E-state index in [1.165, 1.54) is 13.2 Å². The molecule has 0 aliphatic heterocycles. The maximum Gasteiger partial charge on any atom is 0.305 e. The molecule has 0 atom stereocenters. The highest BCUT2D eigenvalue weighted by Crippen LogP contribution is 2.21. The Balaban J connectivity index is 0.000000468. The summed E-state index contributed by atoms with van der Waals surface area (Å²) in [5.41, 5.74) is 6.06. The molecule has 126 valence electrons. The molecule has 0 saturated heterocycles. The van der Waals surface area contributed by atoms with Crippen LogP contribution in [-0.4, -0.2) is 44.5 Å². The van der Waals surface area contributed by atoms with Gasteiger partial charge in [-0.3, -0.25) is 9.59 Å². The number of ether oxygens (including phenoxy) is 2. The number of aromatic nitrogens is 1. The lowest BCUT2D eigenvalue weighted by molar-refractivity contribution is -0.140. The van der Waals surface area contributed by atoms with E-state index in [1.807, 2.05) is 13.1 Å². The number of pyridine rings is 1. The molecule has 1 aromatic heterocycles. The summed E-state index contributed by atoms with van der Waals surface area (Å²) in [5, 5.41) is 11.7. The zero-order valence-electron chi connectivity index (χ0n) is 13.6. The number of methoxy groups -OCH3 is 1. The summed E-state index contributed by atoms with van der Waals surface area (Å²) in [6, 6.07) is 3.21. The van der Waals surface area contributed by atoms with Gasteiger partial charge in [-0.05, 0) is 33.0 Å². The Morgan fingerprint density at radius 3 is 2.74 bits per heavy atom. The first kappa shape index (κ1) is 20.3. The lowest BCUT2D eigenvalue weighted by atomic mass is 10.2. The number of nitrogens with zero attached hydrogens (tertiary/aromatic N) is 2. The maximum absolute atomic E-state index is 10.5. The normalized spacial score (nSPS) is 9.13. The third kappa shape index (κ3) is 7.78. The molecule has 0 saturated carbocycles. The van der Waals surface area contributed by atoms with Crippen LogP contribution in [-0.2, 0) is 9.53 Å². The average molecular weight is 322 g/mol. The summed E-state index contributed by atoms with van der Waals surface area (Å²) in [5.74, 6) is -0.0256. The van der Waals surface area contributed by atoms with Gasteiger partial charge < -0.3 is 20.5 Å². The SMILES string of the molecule is CCOc1nc(C=O)cc(N)c1C#N.CNCCCC(=O)OC. The summed E-state index contributed by atoms with van der Waals surface area (Å²) < 4.78 is 9.51. The highest BCUT2D eigenvalue weighted by Gasteiger charge is 2.10. The molecule has 0 amide bonds. The molecular weight excluding hydrogens is 300 g/mol. The first-order valence-electron chi connectivity index (χ1n) is 7.03. The van der Waals surface area contributed by atoms with Crippen molar-refractivity contribution in [3.05, 3.63) is 17.3 Å². The van der Waals surface area contributed by atoms with Crippen LogP contribution in [0.2, 0.25) is 0 Å². The van der Waals surface area contributed by atoms with Gasteiger partial charge in [-0.25, -0.2) is 4.98 Å². The molecule has 0 aliphatic carbocycles. The molecule has 0 bridgehead atoms. The lowest BCUT2D eigenvalue weighted by Gasteiger charge is -2.06. The molecule has 0 radical (unpaired) electrons. The fraction of sp³-hybridized carbons (Fsp3) is 0.467. The predicted octanol–water partition coefficient (Wildman–Crippen LogP) is 0.906. The second kappa shape index (κ2) is 11.9. The number of nitrogen functional groups attached to an aromatic ring is 1. The van der Waals surface area contributed by atoms with Crippen LogP contribution in [0.4, 0.5) is 5.69 Å². The van der Waals surface area contributed by atoms with Crippen LogP contribution >= 0.6 is 0 Å². The fourth-order valence-corrected chi connectivity index (χ4v) is 1.49. The summed E-state index contributed by atoms with van der Waals surface area (Å²) in [7, 11) is 3.26. The molecule has 23 heavy (non-hydrogen) atoms. The number of nitrogens with one attached hydrogen (secondary N) is 1. The number of nitriles is 1. The molecule has 3 N–H and O–H groups in total. The Labute approximate surface area is 135 Å². The molecule has 0 aliphatic rings. The first-order valence-corrected chi connectivity index (χ1v) is 7.03. The van der Waals surface area contributed by atoms with Crippen molar-refractivity contribution in [3.63, 3.8) is 0 Å². The van der Waals surface area contributed by atoms with Gasteiger partial charge in [-0.1, -0.05) is 0 Å². The summed E-state index contributed by atoms with van der Waals surface area (Å²) >= 11 is 0. The topological polar surface area (TPSA) is 127 Å². The van der Waals surface area contributed by atoms with E-state index in [2.05, 4.69) is 15.0 Å². The van der Waals surface area contributed by atoms with Crippen molar-refractivity contribution < 1.29 is 19.1 Å². The van der Waals surface area contributed by atoms with E-state index in [-0.39, 0.29) is 28.8 Å². The minimum absolute atomic E-state index is 0.108. The Morgan fingerprint density at radius 2 is 2.26 bits per heavy atom. The largest absolute Gasteiger partial charge is 0.477 e. The number of aldehydes is 1. The van der Waals surface area contributed by atoms with E-state index in [0.717, 1.165) is 13.0 Å². The second-order valence-electron chi connectivity index (χ2n) is 4.26. The van der Waals surface area contributed by atoms with E-state index >= 15 is 0 Å². The number of rotatable bonds is 7. The predicted molar refractivity (Wildman–Crippen MR) is 85.1 cm³/mol. The molecule has 0 aromatic carbocycles. The van der Waals surface area contributed by atoms with Crippen LogP contribution in [0.5, 0.6) is 5.88 Å². The van der Waals surface area contributed by atoms with Crippen molar-refractivity contribution in [3.8, 4) is 11.9 Å². The Hall–Kier alpha value is -2.66. The van der Waals surface area contributed by atoms with Crippen molar-refractivity contribution in [1.29, 1.82) is 5.26 Å². The number of hydrogen-bond acceptors (Lipinski definition) is 8. The molecule has 0 fully saturated rings. The van der Waals surface area contributed by atoms with Gasteiger partial charge in [0.15, 0.2) is 6.29 Å². The second-order valence-corrected chi connectivity index (χ2v) is 4.26. The van der Waals surface area contributed by atoms with E-state index < -0.39 is 0 Å². The van der Waals surface area contributed by atoms with E-state index in [1.54, 1.807) is 6.92 Å². The summed E-state index contributed by atoms with van der Waals surface area (Å²) in [6.07, 6.45) is 1.92. The van der Waals surface area contributed by atoms with E-state index in [4.69, 9.17) is 15.7 Å². The maximum atomic E-state index is 10.5. The summed E-state index contributed by atoms with van der Waals surface area (Å²) in [6.45, 7) is 2.99. The quantitative estimate of drug-likeness (QED) is 0.430. The van der Waals surface area contributed by atoms with Gasteiger partial charge in [0.05, 0.1) is 19.4 Å². The number of carbonyl (C=O) groups excluding carboxylic acids is 2. The monoisotopic (exact) mass is 322 g/mol.